The minimum Gasteiger partial charge on any atom is -0.494 e. The predicted octanol–water partition coefficient (Wildman–Crippen LogP) is 5.28. The fourth-order valence-electron chi connectivity index (χ4n) is 3.85. The highest BCUT2D eigenvalue weighted by Gasteiger charge is 2.24. The third kappa shape index (κ3) is 5.37. The van der Waals surface area contributed by atoms with Gasteiger partial charge in [-0.15, -0.1) is 0 Å². The van der Waals surface area contributed by atoms with E-state index in [4.69, 9.17) is 19.4 Å². The van der Waals surface area contributed by atoms with E-state index in [1.807, 2.05) is 36.4 Å². The van der Waals surface area contributed by atoms with Crippen LogP contribution >= 0.6 is 0 Å². The van der Waals surface area contributed by atoms with Crippen molar-refractivity contribution < 1.29 is 33.9 Å². The quantitative estimate of drug-likeness (QED) is 0.127. The Morgan fingerprint density at radius 1 is 1.03 bits per heavy atom. The Balaban J connectivity index is 1.41. The number of rotatable bonds is 11. The Morgan fingerprint density at radius 2 is 1.83 bits per heavy atom. The van der Waals surface area contributed by atoms with Crippen molar-refractivity contribution in [1.29, 1.82) is 0 Å². The third-order valence-corrected chi connectivity index (χ3v) is 5.67. The van der Waals surface area contributed by atoms with Gasteiger partial charge in [-0.25, -0.2) is 4.98 Å². The maximum atomic E-state index is 11.0. The zero-order valence-electron chi connectivity index (χ0n) is 18.5. The number of nitro benzene ring substituents is 1. The van der Waals surface area contributed by atoms with Gasteiger partial charge in [-0.2, -0.15) is 0 Å². The van der Waals surface area contributed by atoms with E-state index in [1.165, 1.54) is 12.1 Å². The first-order valence-corrected chi connectivity index (χ1v) is 11.0. The molecule has 0 saturated carbocycles. The highest BCUT2D eigenvalue weighted by Crippen LogP contribution is 2.33. The smallest absolute Gasteiger partial charge is 0.317 e. The van der Waals surface area contributed by atoms with Crippen molar-refractivity contribution in [1.82, 2.24) is 4.98 Å². The van der Waals surface area contributed by atoms with Crippen molar-refractivity contribution in [3.05, 3.63) is 64.7 Å². The Bertz CT molecular complexity index is 1400. The number of aliphatic carboxylic acids is 2. The van der Waals surface area contributed by atoms with Crippen LogP contribution in [0.3, 0.4) is 0 Å². The zero-order chi connectivity index (χ0) is 24.9. The number of aromatic nitrogens is 1. The summed E-state index contributed by atoms with van der Waals surface area (Å²) in [4.78, 5) is 36.8. The lowest BCUT2D eigenvalue weighted by Crippen LogP contribution is -2.23. The number of benzene rings is 3. The second-order valence-corrected chi connectivity index (χ2v) is 8.04. The maximum absolute atomic E-state index is 11.0. The molecule has 0 aliphatic carbocycles. The average molecular weight is 478 g/mol. The van der Waals surface area contributed by atoms with Gasteiger partial charge in [0.25, 0.3) is 5.69 Å². The number of hydrogen-bond donors (Lipinski definition) is 2. The molecular weight excluding hydrogens is 456 g/mol. The molecule has 0 bridgehead atoms. The second kappa shape index (κ2) is 10.2. The summed E-state index contributed by atoms with van der Waals surface area (Å²) in [7, 11) is 0. The molecule has 3 aromatic carbocycles. The largest absolute Gasteiger partial charge is 0.494 e. The van der Waals surface area contributed by atoms with E-state index < -0.39 is 22.8 Å². The van der Waals surface area contributed by atoms with Gasteiger partial charge in [-0.05, 0) is 53.9 Å². The fraction of sp³-hybridized carbons (Fsp3) is 0.240. The Hall–Kier alpha value is -4.47. The van der Waals surface area contributed by atoms with E-state index in [-0.39, 0.29) is 12.1 Å². The number of hydrogen-bond acceptors (Lipinski definition) is 7. The molecule has 2 N–H and O–H groups in total. The van der Waals surface area contributed by atoms with Crippen LogP contribution < -0.4 is 4.74 Å². The summed E-state index contributed by atoms with van der Waals surface area (Å²) in [6.45, 7) is 0.417. The van der Waals surface area contributed by atoms with Crippen LogP contribution in [-0.4, -0.2) is 38.7 Å². The number of unbranched alkanes of at least 4 members (excludes halogenated alkanes) is 2. The molecule has 10 nitrogen and oxygen atoms in total. The van der Waals surface area contributed by atoms with Crippen LogP contribution in [0, 0.1) is 16.0 Å². The molecule has 0 amide bonds. The molecule has 0 unspecified atom stereocenters. The van der Waals surface area contributed by atoms with E-state index in [0.29, 0.717) is 48.6 Å². The number of nitro groups is 1. The summed E-state index contributed by atoms with van der Waals surface area (Å²) < 4.78 is 11.6. The lowest BCUT2D eigenvalue weighted by Gasteiger charge is -2.10. The number of carbonyl (C=O) groups is 2. The molecule has 0 aliphatic rings. The molecular formula is C25H22N2O8. The van der Waals surface area contributed by atoms with Crippen LogP contribution in [0.2, 0.25) is 0 Å². The van der Waals surface area contributed by atoms with E-state index in [1.54, 1.807) is 6.07 Å². The van der Waals surface area contributed by atoms with Gasteiger partial charge >= 0.3 is 11.9 Å². The zero-order valence-corrected chi connectivity index (χ0v) is 18.5. The first-order valence-electron chi connectivity index (χ1n) is 11.0. The summed E-state index contributed by atoms with van der Waals surface area (Å²) in [6.07, 6.45) is 1.90. The Morgan fingerprint density at radius 3 is 2.57 bits per heavy atom. The second-order valence-electron chi connectivity index (χ2n) is 8.04. The van der Waals surface area contributed by atoms with Gasteiger partial charge in [0.2, 0.25) is 5.89 Å². The molecule has 180 valence electrons. The molecule has 35 heavy (non-hydrogen) atoms. The average Bonchev–Trinajstić information content (AvgIpc) is 3.25. The van der Waals surface area contributed by atoms with Gasteiger partial charge in [-0.3, -0.25) is 19.7 Å². The molecule has 0 aliphatic heterocycles. The predicted molar refractivity (Wildman–Crippen MR) is 126 cm³/mol. The number of nitrogens with zero attached hydrogens (tertiary/aromatic N) is 2. The molecule has 4 rings (SSSR count). The normalized spacial score (nSPS) is 11.2. The number of ether oxygens (including phenoxy) is 1. The van der Waals surface area contributed by atoms with E-state index in [9.17, 15) is 19.7 Å². The number of oxazole rings is 1. The number of non-ortho nitro benzene ring substituents is 1. The fourth-order valence-corrected chi connectivity index (χ4v) is 3.85. The van der Waals surface area contributed by atoms with E-state index >= 15 is 0 Å². The summed E-state index contributed by atoms with van der Waals surface area (Å²) >= 11 is 0. The highest BCUT2D eigenvalue weighted by atomic mass is 16.6. The van der Waals surface area contributed by atoms with Crippen molar-refractivity contribution in [2.24, 2.45) is 5.92 Å². The van der Waals surface area contributed by atoms with Crippen molar-refractivity contribution in [2.45, 2.75) is 25.7 Å². The molecule has 0 spiro atoms. The van der Waals surface area contributed by atoms with Crippen LogP contribution in [0.15, 0.2) is 59.0 Å². The first-order chi connectivity index (χ1) is 16.8. The van der Waals surface area contributed by atoms with Gasteiger partial charge in [-0.1, -0.05) is 25.0 Å². The van der Waals surface area contributed by atoms with Gasteiger partial charge in [0.15, 0.2) is 11.5 Å². The SMILES string of the molecule is O=C(O)C(CCCCCOc1ccc2c(-c3nc4ccc([N+](=O)[O-])cc4o3)cccc2c1)C(=O)O. The van der Waals surface area contributed by atoms with Crippen LogP contribution in [0.1, 0.15) is 25.7 Å². The number of carboxylic acid groups (broad SMARTS) is 2. The lowest BCUT2D eigenvalue weighted by molar-refractivity contribution is -0.384. The Labute approximate surface area is 198 Å². The molecule has 0 radical (unpaired) electrons. The third-order valence-electron chi connectivity index (χ3n) is 5.67. The van der Waals surface area contributed by atoms with Crippen molar-refractivity contribution >= 4 is 39.5 Å². The minimum atomic E-state index is -1.37. The van der Waals surface area contributed by atoms with Gasteiger partial charge in [0.1, 0.15) is 11.3 Å². The molecule has 10 heteroatoms. The van der Waals surface area contributed by atoms with Crippen LogP contribution in [0.5, 0.6) is 5.75 Å². The molecule has 1 aromatic heterocycles. The maximum Gasteiger partial charge on any atom is 0.317 e. The molecule has 0 atom stereocenters. The molecule has 4 aromatic rings. The molecule has 1 heterocycles. The van der Waals surface area contributed by atoms with E-state index in [2.05, 4.69) is 4.98 Å². The van der Waals surface area contributed by atoms with Crippen LogP contribution in [-0.2, 0) is 9.59 Å². The van der Waals surface area contributed by atoms with Crippen LogP contribution in [0.4, 0.5) is 5.69 Å². The topological polar surface area (TPSA) is 153 Å². The molecule has 0 saturated heterocycles. The van der Waals surface area contributed by atoms with Crippen molar-refractivity contribution in [3.8, 4) is 17.2 Å². The number of carboxylic acids is 2. The van der Waals surface area contributed by atoms with Gasteiger partial charge < -0.3 is 19.4 Å². The lowest BCUT2D eigenvalue weighted by atomic mass is 10.0. The van der Waals surface area contributed by atoms with Crippen LogP contribution in [0.25, 0.3) is 33.3 Å². The van der Waals surface area contributed by atoms with Gasteiger partial charge in [0.05, 0.1) is 17.6 Å². The summed E-state index contributed by atoms with van der Waals surface area (Å²) in [6, 6.07) is 15.6. The van der Waals surface area contributed by atoms with Gasteiger partial charge in [0, 0.05) is 11.6 Å². The van der Waals surface area contributed by atoms with Crippen molar-refractivity contribution in [2.75, 3.05) is 6.61 Å². The monoisotopic (exact) mass is 478 g/mol. The standard InChI is InChI=1S/C25H22N2O8/c28-24(29)20(25(30)31)6-2-1-3-12-34-17-9-10-18-15(13-17)5-4-7-19(18)23-26-21-11-8-16(27(32)33)14-22(21)35-23/h4-5,7-11,13-14,20H,1-3,6,12H2,(H,28,29)(H,30,31). The minimum absolute atomic E-state index is 0.0662. The summed E-state index contributed by atoms with van der Waals surface area (Å²) in [5.74, 6) is -2.98. The molecule has 0 fully saturated rings. The Kier molecular flexibility index (Phi) is 6.91. The summed E-state index contributed by atoms with van der Waals surface area (Å²) in [5.41, 5.74) is 1.55. The first kappa shape index (κ1) is 23.7. The van der Waals surface area contributed by atoms with E-state index in [0.717, 1.165) is 16.3 Å². The van der Waals surface area contributed by atoms with Crippen molar-refractivity contribution in [3.63, 3.8) is 0 Å². The summed E-state index contributed by atoms with van der Waals surface area (Å²) in [5, 5.41) is 30.6. The highest BCUT2D eigenvalue weighted by molar-refractivity contribution is 5.96. The number of fused-ring (bicyclic) bond motifs is 2.